The van der Waals surface area contributed by atoms with Crippen molar-refractivity contribution in [2.24, 2.45) is 16.7 Å². The average molecular weight is 383 g/mol. The third-order valence-corrected chi connectivity index (χ3v) is 5.72. The van der Waals surface area contributed by atoms with E-state index in [4.69, 9.17) is 9.47 Å². The number of nitrogens with one attached hydrogen (secondary N) is 1. The monoisotopic (exact) mass is 383 g/mol. The van der Waals surface area contributed by atoms with Gasteiger partial charge in [-0.05, 0) is 30.2 Å². The second kappa shape index (κ2) is 8.84. The Morgan fingerprint density at radius 2 is 1.86 bits per heavy atom. The molecule has 0 radical (unpaired) electrons. The fourth-order valence-corrected chi connectivity index (χ4v) is 3.74. The second-order valence-electron chi connectivity index (χ2n) is 8.35. The normalized spacial score (nSPS) is 23.7. The zero-order valence-corrected chi connectivity index (χ0v) is 16.6. The molecule has 1 N–H and O–H groups in total. The van der Waals surface area contributed by atoms with Crippen molar-refractivity contribution >= 4 is 11.8 Å². The summed E-state index contributed by atoms with van der Waals surface area (Å²) < 4.78 is 11.2. The van der Waals surface area contributed by atoms with Crippen LogP contribution in [0.1, 0.15) is 38.7 Å². The molecule has 2 unspecified atom stereocenters. The number of rotatable bonds is 10. The largest absolute Gasteiger partial charge is 0.355 e. The molecule has 0 aromatic heterocycles. The van der Waals surface area contributed by atoms with Crippen LogP contribution in [-0.2, 0) is 25.7 Å². The standard InChI is InChI=1S/C23H29NO4/c1-22(2,14-15-27-17-28-16-18-8-4-3-5-9-18)12-13-23-11-7-6-10-19(23)20(25)24-21(23)26/h3-11,19H,12-17H2,1-2H3,(H,24,25,26). The summed E-state index contributed by atoms with van der Waals surface area (Å²) in [5.41, 5.74) is 0.391. The maximum Gasteiger partial charge on any atom is 0.237 e. The number of hydrogen-bond acceptors (Lipinski definition) is 4. The van der Waals surface area contributed by atoms with Crippen molar-refractivity contribution in [3.05, 3.63) is 60.2 Å². The number of carbonyl (C=O) groups excluding carboxylic acids is 2. The van der Waals surface area contributed by atoms with Gasteiger partial charge in [0.2, 0.25) is 11.8 Å². The fourth-order valence-electron chi connectivity index (χ4n) is 3.74. The van der Waals surface area contributed by atoms with Crippen LogP contribution in [0.2, 0.25) is 0 Å². The van der Waals surface area contributed by atoms with Crippen LogP contribution in [0.4, 0.5) is 0 Å². The molecule has 1 aromatic rings. The summed E-state index contributed by atoms with van der Waals surface area (Å²) in [7, 11) is 0. The van der Waals surface area contributed by atoms with Gasteiger partial charge in [0.05, 0.1) is 17.9 Å². The first-order chi connectivity index (χ1) is 13.4. The van der Waals surface area contributed by atoms with Gasteiger partial charge in [-0.15, -0.1) is 0 Å². The van der Waals surface area contributed by atoms with E-state index in [1.54, 1.807) is 0 Å². The maximum atomic E-state index is 12.4. The topological polar surface area (TPSA) is 64.6 Å². The van der Waals surface area contributed by atoms with Gasteiger partial charge in [0.1, 0.15) is 6.79 Å². The molecule has 2 aliphatic rings. The van der Waals surface area contributed by atoms with Gasteiger partial charge in [0.15, 0.2) is 0 Å². The van der Waals surface area contributed by atoms with Crippen LogP contribution in [0.25, 0.3) is 0 Å². The van der Waals surface area contributed by atoms with Crippen molar-refractivity contribution in [2.75, 3.05) is 13.4 Å². The first kappa shape index (κ1) is 20.5. The lowest BCUT2D eigenvalue weighted by Gasteiger charge is -2.33. The van der Waals surface area contributed by atoms with E-state index in [1.807, 2.05) is 54.6 Å². The van der Waals surface area contributed by atoms with Gasteiger partial charge in [0.25, 0.3) is 0 Å². The molecule has 1 aliphatic heterocycles. The summed E-state index contributed by atoms with van der Waals surface area (Å²) in [5, 5.41) is 2.49. The van der Waals surface area contributed by atoms with Crippen LogP contribution in [-0.4, -0.2) is 25.2 Å². The van der Waals surface area contributed by atoms with Gasteiger partial charge < -0.3 is 9.47 Å². The van der Waals surface area contributed by atoms with Crippen LogP contribution in [0.5, 0.6) is 0 Å². The first-order valence-electron chi connectivity index (χ1n) is 9.84. The number of fused-ring (bicyclic) bond motifs is 1. The molecule has 0 spiro atoms. The minimum Gasteiger partial charge on any atom is -0.355 e. The molecule has 0 bridgehead atoms. The summed E-state index contributed by atoms with van der Waals surface area (Å²) in [6.45, 7) is 5.74. The molecular weight excluding hydrogens is 354 g/mol. The Balaban J connectivity index is 1.40. The van der Waals surface area contributed by atoms with Crippen LogP contribution in [0, 0.1) is 16.7 Å². The van der Waals surface area contributed by atoms with Crippen molar-refractivity contribution in [3.63, 3.8) is 0 Å². The highest BCUT2D eigenvalue weighted by Crippen LogP contribution is 2.45. The van der Waals surface area contributed by atoms with Gasteiger partial charge in [-0.1, -0.05) is 68.5 Å². The predicted molar refractivity (Wildman–Crippen MR) is 107 cm³/mol. The molecule has 5 heteroatoms. The van der Waals surface area contributed by atoms with E-state index in [0.29, 0.717) is 19.6 Å². The summed E-state index contributed by atoms with van der Waals surface area (Å²) in [5.74, 6) is -0.754. The Morgan fingerprint density at radius 3 is 2.64 bits per heavy atom. The van der Waals surface area contributed by atoms with Gasteiger partial charge in [0, 0.05) is 6.61 Å². The highest BCUT2D eigenvalue weighted by atomic mass is 16.7. The van der Waals surface area contributed by atoms with Gasteiger partial charge >= 0.3 is 0 Å². The lowest BCUT2D eigenvalue weighted by atomic mass is 9.68. The van der Waals surface area contributed by atoms with E-state index in [9.17, 15) is 9.59 Å². The third kappa shape index (κ3) is 4.78. The zero-order valence-electron chi connectivity index (χ0n) is 16.6. The lowest BCUT2D eigenvalue weighted by molar-refractivity contribution is -0.127. The molecule has 1 heterocycles. The molecule has 2 amide bonds. The second-order valence-corrected chi connectivity index (χ2v) is 8.35. The Morgan fingerprint density at radius 1 is 1.07 bits per heavy atom. The number of imide groups is 1. The van der Waals surface area contributed by atoms with Crippen molar-refractivity contribution in [1.29, 1.82) is 0 Å². The highest BCUT2D eigenvalue weighted by Gasteiger charge is 2.53. The molecule has 3 rings (SSSR count). The molecule has 1 fully saturated rings. The van der Waals surface area contributed by atoms with Gasteiger partial charge in [-0.2, -0.15) is 0 Å². The van der Waals surface area contributed by atoms with Crippen LogP contribution in [0.3, 0.4) is 0 Å². The Hall–Kier alpha value is -2.24. The van der Waals surface area contributed by atoms with Gasteiger partial charge in [-0.3, -0.25) is 14.9 Å². The molecule has 5 nitrogen and oxygen atoms in total. The van der Waals surface area contributed by atoms with E-state index < -0.39 is 5.41 Å². The minimum atomic E-state index is -0.733. The SMILES string of the molecule is CC(C)(CCOCOCc1ccccc1)CCC12C=CC=CC1C(=O)NC2=O. The van der Waals surface area contributed by atoms with E-state index in [0.717, 1.165) is 18.4 Å². The van der Waals surface area contributed by atoms with Crippen molar-refractivity contribution in [3.8, 4) is 0 Å². The number of hydrogen-bond donors (Lipinski definition) is 1. The Labute approximate surface area is 166 Å². The predicted octanol–water partition coefficient (Wildman–Crippen LogP) is 3.76. The molecule has 150 valence electrons. The molecule has 1 aliphatic carbocycles. The number of ether oxygens (including phenoxy) is 2. The molecule has 0 saturated carbocycles. The summed E-state index contributed by atoms with van der Waals surface area (Å²) >= 11 is 0. The van der Waals surface area contributed by atoms with Crippen LogP contribution < -0.4 is 5.32 Å². The Kier molecular flexibility index (Phi) is 6.47. The molecule has 1 saturated heterocycles. The number of allylic oxidation sites excluding steroid dienone is 2. The number of carbonyl (C=O) groups is 2. The van der Waals surface area contributed by atoms with E-state index >= 15 is 0 Å². The summed E-state index contributed by atoms with van der Waals surface area (Å²) in [6, 6.07) is 10.0. The van der Waals surface area contributed by atoms with Crippen molar-refractivity contribution in [2.45, 2.75) is 39.7 Å². The van der Waals surface area contributed by atoms with Crippen LogP contribution in [0.15, 0.2) is 54.6 Å². The average Bonchev–Trinajstić information content (AvgIpc) is 2.95. The van der Waals surface area contributed by atoms with Crippen LogP contribution >= 0.6 is 0 Å². The van der Waals surface area contributed by atoms with Crippen molar-refractivity contribution in [1.82, 2.24) is 5.32 Å². The van der Waals surface area contributed by atoms with E-state index in [-0.39, 0.29) is 29.9 Å². The fraction of sp³-hybridized carbons (Fsp3) is 0.478. The quantitative estimate of drug-likeness (QED) is 0.380. The first-order valence-corrected chi connectivity index (χ1v) is 9.84. The smallest absolute Gasteiger partial charge is 0.237 e. The Bertz CT molecular complexity index is 753. The number of benzene rings is 1. The maximum absolute atomic E-state index is 12.4. The van der Waals surface area contributed by atoms with E-state index in [1.165, 1.54) is 0 Å². The molecular formula is C23H29NO4. The highest BCUT2D eigenvalue weighted by molar-refractivity contribution is 6.09. The van der Waals surface area contributed by atoms with Gasteiger partial charge in [-0.25, -0.2) is 0 Å². The minimum absolute atomic E-state index is 0.000348. The van der Waals surface area contributed by atoms with E-state index in [2.05, 4.69) is 19.2 Å². The number of amides is 2. The lowest BCUT2D eigenvalue weighted by Crippen LogP contribution is -2.35. The van der Waals surface area contributed by atoms with Crippen molar-refractivity contribution < 1.29 is 19.1 Å². The molecule has 28 heavy (non-hydrogen) atoms. The summed E-state index contributed by atoms with van der Waals surface area (Å²) in [4.78, 5) is 24.5. The molecule has 2 atom stereocenters. The third-order valence-electron chi connectivity index (χ3n) is 5.72. The molecule has 1 aromatic carbocycles. The summed E-state index contributed by atoms with van der Waals surface area (Å²) in [6.07, 6.45) is 9.77. The zero-order chi connectivity index (χ0) is 20.0.